The van der Waals surface area contributed by atoms with Crippen LogP contribution in [0.1, 0.15) is 22.5 Å². The lowest BCUT2D eigenvalue weighted by atomic mass is 10.1. The fourth-order valence-corrected chi connectivity index (χ4v) is 4.49. The van der Waals surface area contributed by atoms with Crippen LogP contribution in [0, 0.1) is 6.92 Å². The zero-order valence-electron chi connectivity index (χ0n) is 17.2. The molecule has 5 rings (SSSR count). The highest BCUT2D eigenvalue weighted by Gasteiger charge is 2.48. The average molecular weight is 450 g/mol. The van der Waals surface area contributed by atoms with Crippen molar-refractivity contribution in [1.82, 2.24) is 19.5 Å². The molecule has 0 aromatic carbocycles. The second-order valence-electron chi connectivity index (χ2n) is 8.13. The maximum Gasteiger partial charge on any atom is 0.408 e. The molecule has 3 aliphatic rings. The third-order valence-corrected chi connectivity index (χ3v) is 6.09. The number of rotatable bonds is 4. The molecule has 0 amide bonds. The minimum atomic E-state index is -4.59. The molecular weight excluding hydrogens is 429 g/mol. The van der Waals surface area contributed by atoms with E-state index in [1.165, 1.54) is 22.9 Å². The standard InChI is InChI=1S/C20H21F3N6O3/c1-12-14(3-2-5-24-12)15(30)10-28-16(20(21,22)23)4-6-27-18(31)7-17(25-19(27)28)29-9-13-8-26(29)11-32-13/h2-3,5,7,13,16H,4,6,8-11H2,1H3/t13-,16-/m0/s1. The Hall–Kier alpha value is -2.99. The predicted molar refractivity (Wildman–Crippen MR) is 107 cm³/mol. The van der Waals surface area contributed by atoms with Crippen LogP contribution in [-0.4, -0.2) is 70.0 Å². The monoisotopic (exact) mass is 450 g/mol. The molecule has 0 spiro atoms. The number of Topliss-reactive ketones (excluding diaryl/α,β-unsaturated/α-hetero) is 1. The summed E-state index contributed by atoms with van der Waals surface area (Å²) < 4.78 is 48.5. The smallest absolute Gasteiger partial charge is 0.358 e. The number of pyridine rings is 1. The van der Waals surface area contributed by atoms with Gasteiger partial charge in [-0.15, -0.1) is 0 Å². The number of nitrogens with zero attached hydrogens (tertiary/aromatic N) is 6. The highest BCUT2D eigenvalue weighted by molar-refractivity contribution is 6.00. The van der Waals surface area contributed by atoms with Gasteiger partial charge < -0.3 is 9.64 Å². The number of carbonyl (C=O) groups is 1. The van der Waals surface area contributed by atoms with Crippen molar-refractivity contribution in [2.45, 2.75) is 38.2 Å². The third-order valence-electron chi connectivity index (χ3n) is 6.09. The van der Waals surface area contributed by atoms with E-state index in [-0.39, 0.29) is 36.4 Å². The van der Waals surface area contributed by atoms with Crippen molar-refractivity contribution in [2.24, 2.45) is 0 Å². The molecule has 32 heavy (non-hydrogen) atoms. The van der Waals surface area contributed by atoms with Crippen LogP contribution >= 0.6 is 0 Å². The van der Waals surface area contributed by atoms with Crippen LogP contribution in [0.5, 0.6) is 0 Å². The Morgan fingerprint density at radius 3 is 2.78 bits per heavy atom. The number of aromatic nitrogens is 3. The Morgan fingerprint density at radius 1 is 1.31 bits per heavy atom. The van der Waals surface area contributed by atoms with E-state index >= 15 is 0 Å². The van der Waals surface area contributed by atoms with Crippen molar-refractivity contribution < 1.29 is 22.7 Å². The van der Waals surface area contributed by atoms with Gasteiger partial charge in [-0.25, -0.2) is 0 Å². The Labute approximate surface area is 181 Å². The number of alkyl halides is 3. The molecule has 2 aromatic rings. The molecule has 0 N–H and O–H groups in total. The normalized spacial score (nSPS) is 24.7. The number of hydrogen-bond acceptors (Lipinski definition) is 8. The highest BCUT2D eigenvalue weighted by Crippen LogP contribution is 2.35. The van der Waals surface area contributed by atoms with Gasteiger partial charge in [0.2, 0.25) is 5.95 Å². The third kappa shape index (κ3) is 3.52. The summed E-state index contributed by atoms with van der Waals surface area (Å²) in [7, 11) is 0. The summed E-state index contributed by atoms with van der Waals surface area (Å²) >= 11 is 0. The molecule has 2 bridgehead atoms. The summed E-state index contributed by atoms with van der Waals surface area (Å²) in [5.41, 5.74) is 0.216. The van der Waals surface area contributed by atoms with E-state index in [0.717, 1.165) is 4.90 Å². The molecule has 2 saturated heterocycles. The summed E-state index contributed by atoms with van der Waals surface area (Å²) in [5, 5.41) is 3.60. The lowest BCUT2D eigenvalue weighted by Crippen LogP contribution is -2.54. The van der Waals surface area contributed by atoms with Crippen molar-refractivity contribution in [2.75, 3.05) is 36.3 Å². The van der Waals surface area contributed by atoms with E-state index in [4.69, 9.17) is 4.74 Å². The largest absolute Gasteiger partial charge is 0.408 e. The van der Waals surface area contributed by atoms with Crippen molar-refractivity contribution in [3.63, 3.8) is 0 Å². The second kappa shape index (κ2) is 7.55. The van der Waals surface area contributed by atoms with Crippen LogP contribution in [0.4, 0.5) is 24.9 Å². The van der Waals surface area contributed by atoms with Gasteiger partial charge in [0.15, 0.2) is 11.6 Å². The van der Waals surface area contributed by atoms with Crippen LogP contribution in [0.3, 0.4) is 0 Å². The number of halogens is 3. The first-order valence-corrected chi connectivity index (χ1v) is 10.3. The number of aryl methyl sites for hydroxylation is 1. The van der Waals surface area contributed by atoms with E-state index in [1.54, 1.807) is 18.0 Å². The lowest BCUT2D eigenvalue weighted by Gasteiger charge is -2.39. The molecule has 3 aliphatic heterocycles. The molecule has 0 radical (unpaired) electrons. The molecule has 9 nitrogen and oxygen atoms in total. The number of ketones is 1. The van der Waals surface area contributed by atoms with Gasteiger partial charge in [-0.1, -0.05) is 0 Å². The molecule has 1 unspecified atom stereocenters. The molecule has 2 fully saturated rings. The number of fused-ring (bicyclic) bond motifs is 3. The number of ether oxygens (including phenoxy) is 1. The Kier molecular flexibility index (Phi) is 4.93. The van der Waals surface area contributed by atoms with Gasteiger partial charge in [-0.2, -0.15) is 23.2 Å². The first kappa shape index (κ1) is 20.9. The van der Waals surface area contributed by atoms with Crippen LogP contribution in [0.2, 0.25) is 0 Å². The SMILES string of the molecule is Cc1ncccc1C(=O)CN1c2nc(N3C[C@@H]4CN3CO4)cc(=O)n2CC[C@H]1C(F)(F)F. The lowest BCUT2D eigenvalue weighted by molar-refractivity contribution is -0.152. The van der Waals surface area contributed by atoms with Crippen molar-refractivity contribution in [1.29, 1.82) is 0 Å². The van der Waals surface area contributed by atoms with Crippen molar-refractivity contribution in [3.05, 3.63) is 46.0 Å². The molecule has 12 heteroatoms. The summed E-state index contributed by atoms with van der Waals surface area (Å²) in [6.45, 7) is 2.36. The van der Waals surface area contributed by atoms with E-state index in [0.29, 0.717) is 25.5 Å². The minimum absolute atomic E-state index is 0.0373. The topological polar surface area (TPSA) is 83.8 Å². The van der Waals surface area contributed by atoms with Crippen molar-refractivity contribution in [3.8, 4) is 0 Å². The molecule has 170 valence electrons. The number of anilines is 2. The number of carbonyl (C=O) groups excluding carboxylic acids is 1. The van der Waals surface area contributed by atoms with Crippen LogP contribution in [-0.2, 0) is 11.3 Å². The predicted octanol–water partition coefficient (Wildman–Crippen LogP) is 1.36. The zero-order chi connectivity index (χ0) is 22.6. The Morgan fingerprint density at radius 2 is 2.12 bits per heavy atom. The molecular formula is C20H21F3N6O3. The maximum atomic E-state index is 13.9. The summed E-state index contributed by atoms with van der Waals surface area (Å²) in [6, 6.07) is 2.49. The van der Waals surface area contributed by atoms with Gasteiger partial charge >= 0.3 is 6.18 Å². The second-order valence-corrected chi connectivity index (χ2v) is 8.13. The average Bonchev–Trinajstić information content (AvgIpc) is 3.37. The molecule has 2 aromatic heterocycles. The Balaban J connectivity index is 1.55. The zero-order valence-corrected chi connectivity index (χ0v) is 17.2. The summed E-state index contributed by atoms with van der Waals surface area (Å²) in [5.74, 6) is -0.416. The first-order chi connectivity index (χ1) is 15.2. The van der Waals surface area contributed by atoms with E-state index in [1.807, 2.05) is 5.01 Å². The number of hydrazine groups is 1. The molecule has 0 saturated carbocycles. The summed E-state index contributed by atoms with van der Waals surface area (Å²) in [4.78, 5) is 35.1. The van der Waals surface area contributed by atoms with Gasteiger partial charge in [0.05, 0.1) is 19.2 Å². The minimum Gasteiger partial charge on any atom is -0.358 e. The van der Waals surface area contributed by atoms with Crippen LogP contribution < -0.4 is 15.5 Å². The quantitative estimate of drug-likeness (QED) is 0.646. The van der Waals surface area contributed by atoms with E-state index in [9.17, 15) is 22.8 Å². The highest BCUT2D eigenvalue weighted by atomic mass is 19.4. The fraction of sp³-hybridized carbons (Fsp3) is 0.500. The molecule has 5 heterocycles. The molecule has 0 aliphatic carbocycles. The summed E-state index contributed by atoms with van der Waals surface area (Å²) in [6.07, 6.45) is -3.46. The Bertz CT molecular complexity index is 1120. The van der Waals surface area contributed by atoms with Crippen LogP contribution in [0.15, 0.2) is 29.2 Å². The van der Waals surface area contributed by atoms with Crippen LogP contribution in [0.25, 0.3) is 0 Å². The maximum absolute atomic E-state index is 13.9. The van der Waals surface area contributed by atoms with Gasteiger partial charge in [-0.05, 0) is 25.5 Å². The van der Waals surface area contributed by atoms with E-state index in [2.05, 4.69) is 9.97 Å². The van der Waals surface area contributed by atoms with E-state index < -0.39 is 30.1 Å². The molecule has 3 atom stereocenters. The first-order valence-electron chi connectivity index (χ1n) is 10.3. The van der Waals surface area contributed by atoms with Gasteiger partial charge in [0.1, 0.15) is 12.8 Å². The van der Waals surface area contributed by atoms with Crippen molar-refractivity contribution >= 4 is 17.5 Å². The van der Waals surface area contributed by atoms with Gasteiger partial charge in [0, 0.05) is 36.6 Å². The number of hydrogen-bond donors (Lipinski definition) is 0. The van der Waals surface area contributed by atoms with Gasteiger partial charge in [0.25, 0.3) is 5.56 Å². The fourth-order valence-electron chi connectivity index (χ4n) is 4.49. The van der Waals surface area contributed by atoms with Gasteiger partial charge in [-0.3, -0.25) is 24.1 Å².